The Bertz CT molecular complexity index is 907. The highest BCUT2D eigenvalue weighted by Crippen LogP contribution is 2.30. The molecule has 0 atom stereocenters. The summed E-state index contributed by atoms with van der Waals surface area (Å²) < 4.78 is 23.7. The third-order valence-corrected chi connectivity index (χ3v) is 5.56. The van der Waals surface area contributed by atoms with Crippen molar-refractivity contribution in [1.82, 2.24) is 0 Å². The summed E-state index contributed by atoms with van der Waals surface area (Å²) >= 11 is 0. The normalized spacial score (nSPS) is 14.1. The Morgan fingerprint density at radius 1 is 1.16 bits per heavy atom. The van der Waals surface area contributed by atoms with Crippen molar-refractivity contribution in [3.05, 3.63) is 53.6 Å². The first-order chi connectivity index (χ1) is 11.9. The van der Waals surface area contributed by atoms with Crippen molar-refractivity contribution in [2.75, 3.05) is 29.6 Å². The highest BCUT2D eigenvalue weighted by molar-refractivity contribution is 7.90. The van der Waals surface area contributed by atoms with Crippen LogP contribution in [0, 0.1) is 6.92 Å². The van der Waals surface area contributed by atoms with E-state index in [9.17, 15) is 13.2 Å². The van der Waals surface area contributed by atoms with Crippen LogP contribution in [0.15, 0.2) is 47.4 Å². The second kappa shape index (κ2) is 6.88. The molecule has 1 amide bonds. The minimum absolute atomic E-state index is 0.138. The number of carbonyl (C=O) groups excluding carboxylic acids is 1. The summed E-state index contributed by atoms with van der Waals surface area (Å²) in [4.78, 5) is 14.7. The molecule has 3 rings (SSSR count). The van der Waals surface area contributed by atoms with Gasteiger partial charge in [0, 0.05) is 18.5 Å². The summed E-state index contributed by atoms with van der Waals surface area (Å²) in [5.41, 5.74) is 3.87. The monoisotopic (exact) mass is 358 g/mol. The van der Waals surface area contributed by atoms with Crippen molar-refractivity contribution in [2.45, 2.75) is 24.7 Å². The van der Waals surface area contributed by atoms with Gasteiger partial charge < -0.3 is 10.2 Å². The van der Waals surface area contributed by atoms with E-state index >= 15 is 0 Å². The summed E-state index contributed by atoms with van der Waals surface area (Å²) in [6.07, 6.45) is 3.16. The lowest BCUT2D eigenvalue weighted by Gasteiger charge is -2.32. The summed E-state index contributed by atoms with van der Waals surface area (Å²) in [7, 11) is -3.40. The van der Waals surface area contributed by atoms with Crippen LogP contribution in [0.5, 0.6) is 0 Å². The molecule has 2 aromatic carbocycles. The zero-order valence-electron chi connectivity index (χ0n) is 14.5. The maximum Gasteiger partial charge on any atom is 0.243 e. The van der Waals surface area contributed by atoms with E-state index in [2.05, 4.69) is 16.3 Å². The van der Waals surface area contributed by atoms with Crippen molar-refractivity contribution in [1.29, 1.82) is 0 Å². The largest absolute Gasteiger partial charge is 0.362 e. The fourth-order valence-corrected chi connectivity index (χ4v) is 4.20. The summed E-state index contributed by atoms with van der Waals surface area (Å²) in [5, 5.41) is 2.75. The smallest absolute Gasteiger partial charge is 0.243 e. The van der Waals surface area contributed by atoms with Gasteiger partial charge in [-0.25, -0.2) is 8.42 Å². The van der Waals surface area contributed by atoms with Gasteiger partial charge in [-0.1, -0.05) is 30.3 Å². The number of anilines is 2. The lowest BCUT2D eigenvalue weighted by Crippen LogP contribution is -2.37. The van der Waals surface area contributed by atoms with Gasteiger partial charge in [0.1, 0.15) is 0 Å². The molecule has 0 saturated carbocycles. The van der Waals surface area contributed by atoms with Crippen LogP contribution in [-0.4, -0.2) is 33.7 Å². The van der Waals surface area contributed by atoms with Gasteiger partial charge >= 0.3 is 0 Å². The van der Waals surface area contributed by atoms with Crippen molar-refractivity contribution in [3.63, 3.8) is 0 Å². The third-order valence-electron chi connectivity index (χ3n) is 4.41. The number of para-hydroxylation sites is 2. The Labute approximate surface area is 148 Å². The van der Waals surface area contributed by atoms with E-state index < -0.39 is 9.84 Å². The molecule has 0 unspecified atom stereocenters. The molecule has 1 heterocycles. The highest BCUT2D eigenvalue weighted by Gasteiger charge is 2.21. The van der Waals surface area contributed by atoms with E-state index in [1.54, 1.807) is 18.2 Å². The zero-order valence-corrected chi connectivity index (χ0v) is 15.3. The molecule has 0 radical (unpaired) electrons. The van der Waals surface area contributed by atoms with Crippen molar-refractivity contribution in [2.24, 2.45) is 0 Å². The van der Waals surface area contributed by atoms with E-state index in [1.807, 2.05) is 19.1 Å². The van der Waals surface area contributed by atoms with Gasteiger partial charge in [-0.15, -0.1) is 0 Å². The van der Waals surface area contributed by atoms with Gasteiger partial charge in [-0.2, -0.15) is 0 Å². The molecule has 0 spiro atoms. The van der Waals surface area contributed by atoms with Crippen LogP contribution < -0.4 is 10.2 Å². The SMILES string of the molecule is Cc1cccc2c1N(CC(=O)Nc1ccccc1S(C)(=O)=O)CCC2. The lowest BCUT2D eigenvalue weighted by molar-refractivity contribution is -0.115. The maximum atomic E-state index is 12.5. The number of sulfone groups is 1. The van der Waals surface area contributed by atoms with Crippen LogP contribution in [-0.2, 0) is 21.1 Å². The first kappa shape index (κ1) is 17.5. The summed E-state index contributed by atoms with van der Waals surface area (Å²) in [6.45, 7) is 3.07. The third kappa shape index (κ3) is 3.85. The van der Waals surface area contributed by atoms with E-state index in [4.69, 9.17) is 0 Å². The molecule has 0 fully saturated rings. The highest BCUT2D eigenvalue weighted by atomic mass is 32.2. The fraction of sp³-hybridized carbons (Fsp3) is 0.316. The molecular weight excluding hydrogens is 336 g/mol. The number of rotatable bonds is 4. The van der Waals surface area contributed by atoms with Gasteiger partial charge in [0.05, 0.1) is 17.1 Å². The molecule has 0 saturated heterocycles. The number of aryl methyl sites for hydroxylation is 2. The number of nitrogens with one attached hydrogen (secondary N) is 1. The van der Waals surface area contributed by atoms with Crippen LogP contribution in [0.4, 0.5) is 11.4 Å². The van der Waals surface area contributed by atoms with Crippen molar-refractivity contribution in [3.8, 4) is 0 Å². The van der Waals surface area contributed by atoms with Crippen LogP contribution in [0.2, 0.25) is 0 Å². The number of fused-ring (bicyclic) bond motifs is 1. The second-order valence-corrected chi connectivity index (χ2v) is 8.41. The Kier molecular flexibility index (Phi) is 4.81. The molecular formula is C19H22N2O3S. The number of hydrogen-bond donors (Lipinski definition) is 1. The Balaban J connectivity index is 1.80. The molecule has 1 N–H and O–H groups in total. The Morgan fingerprint density at radius 3 is 2.68 bits per heavy atom. The van der Waals surface area contributed by atoms with Gasteiger partial charge in [0.15, 0.2) is 9.84 Å². The fourth-order valence-electron chi connectivity index (χ4n) is 3.36. The van der Waals surface area contributed by atoms with E-state index in [-0.39, 0.29) is 17.3 Å². The van der Waals surface area contributed by atoms with Gasteiger partial charge in [-0.05, 0) is 43.0 Å². The molecule has 0 aliphatic carbocycles. The quantitative estimate of drug-likeness (QED) is 0.913. The molecule has 1 aliphatic rings. The van der Waals surface area contributed by atoms with Crippen molar-refractivity contribution >= 4 is 27.1 Å². The first-order valence-electron chi connectivity index (χ1n) is 8.28. The van der Waals surface area contributed by atoms with E-state index in [0.717, 1.165) is 36.9 Å². The average molecular weight is 358 g/mol. The number of benzene rings is 2. The number of amides is 1. The van der Waals surface area contributed by atoms with E-state index in [0.29, 0.717) is 5.69 Å². The molecule has 5 nitrogen and oxygen atoms in total. The zero-order chi connectivity index (χ0) is 18.0. The van der Waals surface area contributed by atoms with E-state index in [1.165, 1.54) is 11.6 Å². The second-order valence-electron chi connectivity index (χ2n) is 6.42. The minimum atomic E-state index is -3.40. The number of hydrogen-bond acceptors (Lipinski definition) is 4. The predicted octanol–water partition coefficient (Wildman–Crippen LogP) is 2.79. The molecule has 25 heavy (non-hydrogen) atoms. The molecule has 0 aromatic heterocycles. The van der Waals surface area contributed by atoms with Gasteiger partial charge in [0.25, 0.3) is 0 Å². The van der Waals surface area contributed by atoms with Crippen LogP contribution in [0.3, 0.4) is 0 Å². The Morgan fingerprint density at radius 2 is 1.92 bits per heavy atom. The van der Waals surface area contributed by atoms with Crippen molar-refractivity contribution < 1.29 is 13.2 Å². The first-order valence-corrected chi connectivity index (χ1v) is 10.2. The number of nitrogens with zero attached hydrogens (tertiary/aromatic N) is 1. The van der Waals surface area contributed by atoms with Crippen LogP contribution >= 0.6 is 0 Å². The average Bonchev–Trinajstić information content (AvgIpc) is 2.54. The topological polar surface area (TPSA) is 66.5 Å². The summed E-state index contributed by atoms with van der Waals surface area (Å²) in [6, 6.07) is 12.7. The molecule has 2 aromatic rings. The molecule has 132 valence electrons. The molecule has 0 bridgehead atoms. The minimum Gasteiger partial charge on any atom is -0.362 e. The lowest BCUT2D eigenvalue weighted by atomic mass is 9.98. The molecule has 6 heteroatoms. The maximum absolute atomic E-state index is 12.5. The van der Waals surface area contributed by atoms with Gasteiger partial charge in [-0.3, -0.25) is 4.79 Å². The Hall–Kier alpha value is -2.34. The summed E-state index contributed by atoms with van der Waals surface area (Å²) in [5.74, 6) is -0.216. The van der Waals surface area contributed by atoms with Crippen LogP contribution in [0.25, 0.3) is 0 Å². The predicted molar refractivity (Wildman–Crippen MR) is 99.9 cm³/mol. The standard InChI is InChI=1S/C19H22N2O3S/c1-14-7-5-8-15-9-6-12-21(19(14)15)13-18(22)20-16-10-3-4-11-17(16)25(2,23)24/h3-5,7-8,10-11H,6,9,12-13H2,1-2H3,(H,20,22). The van der Waals surface area contributed by atoms with Gasteiger partial charge in [0.2, 0.25) is 5.91 Å². The van der Waals surface area contributed by atoms with Crippen LogP contribution in [0.1, 0.15) is 17.5 Å². The number of carbonyl (C=O) groups is 1. The molecule has 1 aliphatic heterocycles.